The van der Waals surface area contributed by atoms with Crippen LogP contribution in [0.2, 0.25) is 0 Å². The molecule has 0 heterocycles. The molecule has 2 N–H and O–H groups in total. The van der Waals surface area contributed by atoms with Crippen LogP contribution >= 0.6 is 34.8 Å². The van der Waals surface area contributed by atoms with E-state index in [1.54, 1.807) is 0 Å². The zero-order chi connectivity index (χ0) is 13.1. The third-order valence-corrected chi connectivity index (χ3v) is 2.25. The third-order valence-electron chi connectivity index (χ3n) is 1.74. The maximum atomic E-state index is 8.60. The van der Waals surface area contributed by atoms with Crippen LogP contribution in [0, 0.1) is 22.1 Å². The number of hydrogen-bond acceptors (Lipinski definition) is 4. The van der Waals surface area contributed by atoms with E-state index in [4.69, 9.17) is 55.6 Å². The van der Waals surface area contributed by atoms with Crippen LogP contribution in [0.5, 0.6) is 0 Å². The SMILES string of the molecule is N#Cc1ccc(C(=N)OC(=N)C(Cl)(Cl)Cl)cc1. The van der Waals surface area contributed by atoms with Crippen LogP contribution < -0.4 is 0 Å². The minimum Gasteiger partial charge on any atom is -0.420 e. The van der Waals surface area contributed by atoms with Crippen molar-refractivity contribution in [3.63, 3.8) is 0 Å². The molecule has 0 saturated carbocycles. The lowest BCUT2D eigenvalue weighted by Crippen LogP contribution is -2.24. The minimum atomic E-state index is -2.00. The Morgan fingerprint density at radius 3 is 2.12 bits per heavy atom. The van der Waals surface area contributed by atoms with Crippen LogP contribution in [0.3, 0.4) is 0 Å². The molecule has 0 aliphatic carbocycles. The van der Waals surface area contributed by atoms with E-state index in [9.17, 15) is 0 Å². The number of hydrogen-bond donors (Lipinski definition) is 2. The van der Waals surface area contributed by atoms with Gasteiger partial charge >= 0.3 is 0 Å². The predicted molar refractivity (Wildman–Crippen MR) is 67.1 cm³/mol. The van der Waals surface area contributed by atoms with Gasteiger partial charge in [-0.05, 0) is 24.3 Å². The zero-order valence-corrected chi connectivity index (χ0v) is 10.6. The van der Waals surface area contributed by atoms with E-state index in [-0.39, 0.29) is 5.90 Å². The highest BCUT2D eigenvalue weighted by Gasteiger charge is 2.30. The summed E-state index contributed by atoms with van der Waals surface area (Å²) < 4.78 is 2.76. The molecule has 0 fully saturated rings. The Hall–Kier alpha value is -1.28. The van der Waals surface area contributed by atoms with Crippen molar-refractivity contribution < 1.29 is 4.74 Å². The van der Waals surface area contributed by atoms with Crippen molar-refractivity contribution in [2.24, 2.45) is 0 Å². The van der Waals surface area contributed by atoms with Gasteiger partial charge < -0.3 is 4.74 Å². The smallest absolute Gasteiger partial charge is 0.266 e. The molecule has 7 heteroatoms. The summed E-state index contributed by atoms with van der Waals surface area (Å²) in [7, 11) is 0. The number of nitrogens with one attached hydrogen (secondary N) is 2. The third kappa shape index (κ3) is 3.90. The summed E-state index contributed by atoms with van der Waals surface area (Å²) in [4.78, 5) is 0. The molecule has 0 amide bonds. The quantitative estimate of drug-likeness (QED) is 0.473. The largest absolute Gasteiger partial charge is 0.420 e. The molecule has 1 aromatic carbocycles. The summed E-state index contributed by atoms with van der Waals surface area (Å²) in [5.74, 6) is -0.984. The second-order valence-corrected chi connectivity index (χ2v) is 5.23. The van der Waals surface area contributed by atoms with Crippen molar-refractivity contribution in [2.45, 2.75) is 3.79 Å². The second-order valence-electron chi connectivity index (χ2n) is 2.95. The molecule has 1 rings (SSSR count). The molecule has 0 aliphatic heterocycles. The first-order valence-corrected chi connectivity index (χ1v) is 5.40. The normalized spacial score (nSPS) is 10.5. The Morgan fingerprint density at radius 1 is 1.18 bits per heavy atom. The van der Waals surface area contributed by atoms with E-state index in [0.29, 0.717) is 11.1 Å². The van der Waals surface area contributed by atoms with Crippen molar-refractivity contribution in [3.8, 4) is 6.07 Å². The van der Waals surface area contributed by atoms with Gasteiger partial charge in [0.15, 0.2) is 0 Å². The maximum Gasteiger partial charge on any atom is 0.266 e. The van der Waals surface area contributed by atoms with Crippen molar-refractivity contribution >= 4 is 46.6 Å². The van der Waals surface area contributed by atoms with Gasteiger partial charge in [0, 0.05) is 5.56 Å². The first-order chi connectivity index (χ1) is 7.84. The first kappa shape index (κ1) is 13.8. The average Bonchev–Trinajstić information content (AvgIpc) is 2.27. The zero-order valence-electron chi connectivity index (χ0n) is 8.30. The van der Waals surface area contributed by atoms with Crippen LogP contribution in [0.25, 0.3) is 0 Å². The number of rotatable bonds is 1. The van der Waals surface area contributed by atoms with Crippen molar-refractivity contribution in [2.75, 3.05) is 0 Å². The molecule has 0 radical (unpaired) electrons. The van der Waals surface area contributed by atoms with Crippen molar-refractivity contribution in [3.05, 3.63) is 35.4 Å². The molecule has 4 nitrogen and oxygen atoms in total. The summed E-state index contributed by atoms with van der Waals surface area (Å²) in [5.41, 5.74) is 0.834. The van der Waals surface area contributed by atoms with Crippen LogP contribution in [-0.4, -0.2) is 15.6 Å². The average molecular weight is 291 g/mol. The van der Waals surface area contributed by atoms with Gasteiger partial charge in [0.1, 0.15) is 0 Å². The summed E-state index contributed by atoms with van der Waals surface area (Å²) in [6, 6.07) is 7.99. The Bertz CT molecular complexity index is 485. The Labute approximate surface area is 113 Å². The summed E-state index contributed by atoms with van der Waals surface area (Å²) in [6.45, 7) is 0. The van der Waals surface area contributed by atoms with Gasteiger partial charge in [0.25, 0.3) is 3.79 Å². The van der Waals surface area contributed by atoms with E-state index in [2.05, 4.69) is 0 Å². The number of alkyl halides is 3. The molecular formula is C10H6Cl3N3O. The topological polar surface area (TPSA) is 80.7 Å². The van der Waals surface area contributed by atoms with Crippen LogP contribution in [0.1, 0.15) is 11.1 Å². The number of nitrogens with zero attached hydrogens (tertiary/aromatic N) is 1. The fraction of sp³-hybridized carbons (Fsp3) is 0.100. The van der Waals surface area contributed by atoms with Gasteiger partial charge in [-0.15, -0.1) is 0 Å². The molecular weight excluding hydrogens is 284 g/mol. The lowest BCUT2D eigenvalue weighted by atomic mass is 10.1. The highest BCUT2D eigenvalue weighted by Crippen LogP contribution is 2.28. The fourth-order valence-corrected chi connectivity index (χ4v) is 1.03. The van der Waals surface area contributed by atoms with E-state index < -0.39 is 9.69 Å². The van der Waals surface area contributed by atoms with Crippen LogP contribution in [0.4, 0.5) is 0 Å². The highest BCUT2D eigenvalue weighted by atomic mass is 35.6. The van der Waals surface area contributed by atoms with Gasteiger partial charge in [-0.3, -0.25) is 10.8 Å². The summed E-state index contributed by atoms with van der Waals surface area (Å²) >= 11 is 16.2. The van der Waals surface area contributed by atoms with Crippen LogP contribution in [0.15, 0.2) is 24.3 Å². The van der Waals surface area contributed by atoms with E-state index >= 15 is 0 Å². The van der Waals surface area contributed by atoms with Crippen molar-refractivity contribution in [1.82, 2.24) is 0 Å². The molecule has 0 unspecified atom stereocenters. The standard InChI is InChI=1S/C10H6Cl3N3O/c11-10(12,13)9(16)17-8(15)7-3-1-6(5-14)2-4-7/h1-4,15-16H. The Morgan fingerprint density at radius 2 is 1.71 bits per heavy atom. The molecule has 0 saturated heterocycles. The van der Waals surface area contributed by atoms with Gasteiger partial charge in [0.05, 0.1) is 11.6 Å². The monoisotopic (exact) mass is 289 g/mol. The predicted octanol–water partition coefficient (Wildman–Crippen LogP) is 3.25. The molecule has 1 aromatic rings. The molecule has 0 aliphatic rings. The van der Waals surface area contributed by atoms with E-state index in [0.717, 1.165) is 0 Å². The van der Waals surface area contributed by atoms with E-state index in [1.165, 1.54) is 24.3 Å². The minimum absolute atomic E-state index is 0.328. The lowest BCUT2D eigenvalue weighted by Gasteiger charge is -2.13. The Kier molecular flexibility index (Phi) is 4.35. The Balaban J connectivity index is 2.78. The number of ether oxygens (including phenoxy) is 1. The number of benzene rings is 1. The molecule has 0 spiro atoms. The summed E-state index contributed by atoms with van der Waals surface area (Å²) in [6.07, 6.45) is 0. The van der Waals surface area contributed by atoms with Gasteiger partial charge in [-0.25, -0.2) is 0 Å². The second kappa shape index (κ2) is 5.37. The molecule has 0 bridgehead atoms. The van der Waals surface area contributed by atoms with E-state index in [1.807, 2.05) is 6.07 Å². The van der Waals surface area contributed by atoms with Gasteiger partial charge in [-0.1, -0.05) is 34.8 Å². The molecule has 17 heavy (non-hydrogen) atoms. The molecule has 88 valence electrons. The van der Waals surface area contributed by atoms with Crippen molar-refractivity contribution in [1.29, 1.82) is 16.1 Å². The number of halogens is 3. The first-order valence-electron chi connectivity index (χ1n) is 4.27. The van der Waals surface area contributed by atoms with Crippen LogP contribution in [-0.2, 0) is 4.74 Å². The summed E-state index contributed by atoms with van der Waals surface area (Å²) in [5, 5.41) is 23.4. The molecule has 0 aromatic heterocycles. The lowest BCUT2D eigenvalue weighted by molar-refractivity contribution is 0.525. The number of nitriles is 1. The maximum absolute atomic E-state index is 8.60. The molecule has 0 atom stereocenters. The van der Waals surface area contributed by atoms with Gasteiger partial charge in [0.2, 0.25) is 11.8 Å². The highest BCUT2D eigenvalue weighted by molar-refractivity contribution is 6.76. The fourth-order valence-electron chi connectivity index (χ4n) is 0.915. The van der Waals surface area contributed by atoms with Gasteiger partial charge in [-0.2, -0.15) is 5.26 Å².